The van der Waals surface area contributed by atoms with Gasteiger partial charge in [-0.15, -0.1) is 0 Å². The van der Waals surface area contributed by atoms with Gasteiger partial charge >= 0.3 is 17.8 Å². The number of halogens is 3. The van der Waals surface area contributed by atoms with Crippen LogP contribution in [0.4, 0.5) is 19.1 Å². The number of imidazole rings is 1. The van der Waals surface area contributed by atoms with E-state index in [0.717, 1.165) is 20.4 Å². The van der Waals surface area contributed by atoms with Crippen LogP contribution >= 0.6 is 0 Å². The van der Waals surface area contributed by atoms with E-state index in [2.05, 4.69) is 10.3 Å². The Balaban J connectivity index is 1.76. The maximum absolute atomic E-state index is 13.8. The second kappa shape index (κ2) is 11.4. The Bertz CT molecular complexity index is 1640. The number of anilines is 1. The summed E-state index contributed by atoms with van der Waals surface area (Å²) in [4.78, 5) is 45.6. The number of carbonyl (C=O) groups is 1. The fourth-order valence-corrected chi connectivity index (χ4v) is 5.05. The van der Waals surface area contributed by atoms with Crippen LogP contribution < -0.4 is 21.5 Å². The van der Waals surface area contributed by atoms with Crippen molar-refractivity contribution < 1.29 is 27.4 Å². The zero-order valence-corrected chi connectivity index (χ0v) is 22.5. The number of benzene rings is 1. The van der Waals surface area contributed by atoms with Gasteiger partial charge in [-0.1, -0.05) is 36.4 Å². The van der Waals surface area contributed by atoms with E-state index in [1.165, 1.54) is 23.8 Å². The lowest BCUT2D eigenvalue weighted by Gasteiger charge is -2.25. The van der Waals surface area contributed by atoms with E-state index in [4.69, 9.17) is 9.47 Å². The van der Waals surface area contributed by atoms with Gasteiger partial charge in [-0.25, -0.2) is 9.59 Å². The number of hydrogen-bond acceptors (Lipinski definition) is 8. The largest absolute Gasteiger partial charge is 0.491 e. The topological polar surface area (TPSA) is 113 Å². The molecule has 1 unspecified atom stereocenters. The Morgan fingerprint density at radius 2 is 1.95 bits per heavy atom. The molecule has 2 aliphatic rings. The monoisotopic (exact) mass is 574 g/mol. The van der Waals surface area contributed by atoms with Crippen molar-refractivity contribution in [1.82, 2.24) is 24.0 Å². The molecule has 0 amide bonds. The Labute approximate surface area is 232 Å². The van der Waals surface area contributed by atoms with Gasteiger partial charge in [0.05, 0.1) is 13.2 Å². The molecule has 1 N–H and O–H groups in total. The van der Waals surface area contributed by atoms with Crippen molar-refractivity contribution in [2.24, 2.45) is 7.05 Å². The molecular formula is C27H29F3N6O5. The SMILES string of the molecule is CCOCCn1c(=O)c2c(nc(N3CCC4=C3CNC4)n2C(/C=C/c2ccccc2)OC(=O)C(F)(F)F)n(C)c1=O. The minimum Gasteiger partial charge on any atom is -0.431 e. The van der Waals surface area contributed by atoms with Gasteiger partial charge in [0.2, 0.25) is 12.2 Å². The van der Waals surface area contributed by atoms with Crippen LogP contribution in [0.25, 0.3) is 17.2 Å². The lowest BCUT2D eigenvalue weighted by atomic mass is 10.2. The number of carbonyl (C=O) groups excluding carboxylic acids is 1. The highest BCUT2D eigenvalue weighted by atomic mass is 19.4. The van der Waals surface area contributed by atoms with E-state index >= 15 is 0 Å². The van der Waals surface area contributed by atoms with E-state index in [1.807, 2.05) is 0 Å². The molecule has 0 aliphatic carbocycles. The zero-order chi connectivity index (χ0) is 29.3. The summed E-state index contributed by atoms with van der Waals surface area (Å²) in [5.41, 5.74) is 0.914. The maximum atomic E-state index is 13.8. The third kappa shape index (κ3) is 5.44. The molecule has 0 bridgehead atoms. The van der Waals surface area contributed by atoms with Gasteiger partial charge in [0, 0.05) is 39.0 Å². The molecule has 4 heterocycles. The maximum Gasteiger partial charge on any atom is 0.491 e. The van der Waals surface area contributed by atoms with Gasteiger partial charge in [0.15, 0.2) is 11.2 Å². The van der Waals surface area contributed by atoms with Gasteiger partial charge in [-0.2, -0.15) is 18.2 Å². The lowest BCUT2D eigenvalue weighted by Crippen LogP contribution is -2.41. The summed E-state index contributed by atoms with van der Waals surface area (Å²) in [7, 11) is 1.42. The van der Waals surface area contributed by atoms with Crippen molar-refractivity contribution in [2.75, 3.05) is 37.7 Å². The predicted octanol–water partition coefficient (Wildman–Crippen LogP) is 2.32. The van der Waals surface area contributed by atoms with Crippen molar-refractivity contribution >= 4 is 29.2 Å². The third-order valence-electron chi connectivity index (χ3n) is 7.03. The van der Waals surface area contributed by atoms with Crippen LogP contribution in [0.2, 0.25) is 0 Å². The van der Waals surface area contributed by atoms with Gasteiger partial charge in [0.1, 0.15) is 0 Å². The summed E-state index contributed by atoms with van der Waals surface area (Å²) >= 11 is 0. The number of aromatic nitrogens is 4. The van der Waals surface area contributed by atoms with E-state index in [9.17, 15) is 27.6 Å². The number of fused-ring (bicyclic) bond motifs is 1. The van der Waals surface area contributed by atoms with Crippen LogP contribution in [-0.2, 0) is 27.9 Å². The minimum absolute atomic E-state index is 0.0520. The Morgan fingerprint density at radius 1 is 1.20 bits per heavy atom. The minimum atomic E-state index is -5.29. The molecule has 2 aliphatic heterocycles. The van der Waals surface area contributed by atoms with Crippen LogP contribution in [-0.4, -0.2) is 63.7 Å². The highest BCUT2D eigenvalue weighted by Crippen LogP contribution is 2.35. The molecule has 0 saturated heterocycles. The Kier molecular flexibility index (Phi) is 7.87. The van der Waals surface area contributed by atoms with E-state index in [1.54, 1.807) is 42.2 Å². The normalized spacial score (nSPS) is 16.3. The van der Waals surface area contributed by atoms with Gasteiger partial charge in [-0.3, -0.25) is 18.5 Å². The molecule has 218 valence electrons. The predicted molar refractivity (Wildman–Crippen MR) is 144 cm³/mol. The summed E-state index contributed by atoms with van der Waals surface area (Å²) in [6.07, 6.45) is -3.59. The van der Waals surface area contributed by atoms with Crippen LogP contribution in [0.1, 0.15) is 25.1 Å². The van der Waals surface area contributed by atoms with Crippen molar-refractivity contribution in [3.63, 3.8) is 0 Å². The average molecular weight is 575 g/mol. The molecule has 1 aromatic carbocycles. The van der Waals surface area contributed by atoms with Crippen molar-refractivity contribution in [3.05, 3.63) is 74.1 Å². The van der Waals surface area contributed by atoms with Crippen molar-refractivity contribution in [1.29, 1.82) is 0 Å². The summed E-state index contributed by atoms with van der Waals surface area (Å²) in [6.45, 7) is 3.68. The number of nitrogens with one attached hydrogen (secondary N) is 1. The van der Waals surface area contributed by atoms with E-state index < -0.39 is 29.6 Å². The van der Waals surface area contributed by atoms with Crippen molar-refractivity contribution in [2.45, 2.75) is 32.3 Å². The summed E-state index contributed by atoms with van der Waals surface area (Å²) in [5, 5.41) is 3.24. The molecule has 2 aromatic heterocycles. The molecule has 0 fully saturated rings. The Morgan fingerprint density at radius 3 is 2.66 bits per heavy atom. The van der Waals surface area contributed by atoms with Crippen LogP contribution in [0.3, 0.4) is 0 Å². The first-order valence-corrected chi connectivity index (χ1v) is 13.1. The fourth-order valence-electron chi connectivity index (χ4n) is 5.05. The first-order chi connectivity index (χ1) is 19.6. The molecule has 3 aromatic rings. The quantitative estimate of drug-likeness (QED) is 0.306. The average Bonchev–Trinajstić information content (AvgIpc) is 3.66. The fraction of sp³-hybridized carbons (Fsp3) is 0.407. The van der Waals surface area contributed by atoms with Crippen LogP contribution in [0.15, 0.2) is 57.3 Å². The molecule has 5 rings (SSSR count). The van der Waals surface area contributed by atoms with Gasteiger partial charge in [-0.05, 0) is 30.6 Å². The zero-order valence-electron chi connectivity index (χ0n) is 22.5. The second-order valence-corrected chi connectivity index (χ2v) is 9.57. The summed E-state index contributed by atoms with van der Waals surface area (Å²) in [6, 6.07) is 8.70. The van der Waals surface area contributed by atoms with Gasteiger partial charge < -0.3 is 19.7 Å². The highest BCUT2D eigenvalue weighted by molar-refractivity contribution is 5.78. The number of ether oxygens (including phenoxy) is 2. The van der Waals surface area contributed by atoms with E-state index in [0.29, 0.717) is 38.2 Å². The standard InChI is InChI=1S/C27H29F3N6O5/c1-3-40-14-13-35-23(37)21-22(33(2)26(35)39)32-25(34-12-11-18-15-31-16-19(18)34)36(21)20(41-24(38)27(28,29)30)10-9-17-7-5-4-6-8-17/h4-10,20,31H,3,11-16H2,1-2H3/b10-9+. The summed E-state index contributed by atoms with van der Waals surface area (Å²) < 4.78 is 54.0. The molecule has 1 atom stereocenters. The number of rotatable bonds is 9. The first-order valence-electron chi connectivity index (χ1n) is 13.1. The number of hydrogen-bond donors (Lipinski definition) is 1. The molecule has 0 radical (unpaired) electrons. The Hall–Kier alpha value is -4.17. The molecular weight excluding hydrogens is 545 g/mol. The molecule has 0 spiro atoms. The lowest BCUT2D eigenvalue weighted by molar-refractivity contribution is -0.206. The smallest absolute Gasteiger partial charge is 0.431 e. The van der Waals surface area contributed by atoms with Crippen LogP contribution in [0, 0.1) is 0 Å². The van der Waals surface area contributed by atoms with Crippen LogP contribution in [0.5, 0.6) is 0 Å². The highest BCUT2D eigenvalue weighted by Gasteiger charge is 2.43. The molecule has 11 nitrogen and oxygen atoms in total. The van der Waals surface area contributed by atoms with E-state index in [-0.39, 0.29) is 30.3 Å². The number of esters is 1. The van der Waals surface area contributed by atoms with Crippen molar-refractivity contribution in [3.8, 4) is 0 Å². The molecule has 14 heteroatoms. The second-order valence-electron chi connectivity index (χ2n) is 9.57. The summed E-state index contributed by atoms with van der Waals surface area (Å²) in [5.74, 6) is -2.35. The number of aryl methyl sites for hydroxylation is 1. The number of alkyl halides is 3. The number of nitrogens with zero attached hydrogens (tertiary/aromatic N) is 5. The molecule has 41 heavy (non-hydrogen) atoms. The third-order valence-corrected chi connectivity index (χ3v) is 7.03. The van der Waals surface area contributed by atoms with Gasteiger partial charge in [0.25, 0.3) is 5.56 Å². The first kappa shape index (κ1) is 28.4. The molecule has 0 saturated carbocycles.